The first-order chi connectivity index (χ1) is 12.9. The van der Waals surface area contributed by atoms with Gasteiger partial charge in [0.15, 0.2) is 5.82 Å². The zero-order valence-electron chi connectivity index (χ0n) is 14.3. The molecule has 4 aromatic rings. The lowest BCUT2D eigenvalue weighted by molar-refractivity contribution is 0.102. The maximum absolute atomic E-state index is 14.4. The van der Waals surface area contributed by atoms with Gasteiger partial charge in [-0.1, -0.05) is 0 Å². The van der Waals surface area contributed by atoms with Crippen LogP contribution in [0.3, 0.4) is 0 Å². The number of rotatable bonds is 3. The molecule has 0 spiro atoms. The number of nitrogens with one attached hydrogen (secondary N) is 1. The summed E-state index contributed by atoms with van der Waals surface area (Å²) in [5, 5.41) is 17.7. The second-order valence-electron chi connectivity index (χ2n) is 5.96. The highest BCUT2D eigenvalue weighted by Gasteiger charge is 2.18. The van der Waals surface area contributed by atoms with Crippen LogP contribution in [-0.2, 0) is 7.05 Å². The van der Waals surface area contributed by atoms with Gasteiger partial charge < -0.3 is 5.32 Å². The number of pyridine rings is 1. The van der Waals surface area contributed by atoms with E-state index in [0.29, 0.717) is 16.8 Å². The van der Waals surface area contributed by atoms with Crippen LogP contribution >= 0.6 is 0 Å². The molecular formula is C17H13F2N7O. The van der Waals surface area contributed by atoms with Gasteiger partial charge in [-0.15, -0.1) is 5.10 Å². The second kappa shape index (κ2) is 6.24. The molecule has 1 N–H and O–H groups in total. The topological polar surface area (TPSA) is 90.0 Å². The Morgan fingerprint density at radius 1 is 1.22 bits per heavy atom. The molecule has 10 heteroatoms. The normalized spacial score (nSPS) is 11.1. The van der Waals surface area contributed by atoms with Crippen molar-refractivity contribution >= 4 is 17.1 Å². The Morgan fingerprint density at radius 3 is 2.78 bits per heavy atom. The van der Waals surface area contributed by atoms with Crippen molar-refractivity contribution < 1.29 is 13.6 Å². The minimum absolute atomic E-state index is 0.158. The Morgan fingerprint density at radius 2 is 2.04 bits per heavy atom. The molecule has 0 fully saturated rings. The van der Waals surface area contributed by atoms with E-state index in [0.717, 1.165) is 0 Å². The molecule has 27 heavy (non-hydrogen) atoms. The summed E-state index contributed by atoms with van der Waals surface area (Å²) in [7, 11) is 1.59. The number of carbonyl (C=O) groups excluding carboxylic acids is 1. The minimum Gasteiger partial charge on any atom is -0.322 e. The van der Waals surface area contributed by atoms with Crippen molar-refractivity contribution in [2.45, 2.75) is 6.92 Å². The van der Waals surface area contributed by atoms with E-state index in [1.807, 2.05) is 0 Å². The standard InChI is InChI=1S/C17H13F2N7O/c1-9-5-13(19)11(16-22-23-24-25(16)2)6-14(9)21-17(27)12-7-20-26-8-10(18)3-4-15(12)26/h3-8H,1-2H3,(H,21,27). The Bertz CT molecular complexity index is 1180. The highest BCUT2D eigenvalue weighted by atomic mass is 19.1. The van der Waals surface area contributed by atoms with Crippen molar-refractivity contribution in [1.29, 1.82) is 0 Å². The van der Waals surface area contributed by atoms with Crippen molar-refractivity contribution in [3.63, 3.8) is 0 Å². The molecule has 0 aliphatic rings. The first-order valence-electron chi connectivity index (χ1n) is 7.91. The highest BCUT2D eigenvalue weighted by Crippen LogP contribution is 2.27. The van der Waals surface area contributed by atoms with E-state index in [1.165, 1.54) is 45.9 Å². The van der Waals surface area contributed by atoms with Crippen LogP contribution in [0, 0.1) is 18.6 Å². The van der Waals surface area contributed by atoms with Crippen molar-refractivity contribution in [1.82, 2.24) is 29.8 Å². The van der Waals surface area contributed by atoms with Crippen LogP contribution in [0.4, 0.5) is 14.5 Å². The van der Waals surface area contributed by atoms with Crippen LogP contribution < -0.4 is 5.32 Å². The zero-order chi connectivity index (χ0) is 19.1. The Labute approximate surface area is 151 Å². The Balaban J connectivity index is 1.71. The van der Waals surface area contributed by atoms with Crippen LogP contribution in [0.1, 0.15) is 15.9 Å². The molecule has 0 atom stereocenters. The average Bonchev–Trinajstić information content (AvgIpc) is 3.23. The number of anilines is 1. The lowest BCUT2D eigenvalue weighted by Crippen LogP contribution is -2.13. The van der Waals surface area contributed by atoms with Crippen LogP contribution in [0.25, 0.3) is 16.9 Å². The number of aromatic nitrogens is 6. The summed E-state index contributed by atoms with van der Waals surface area (Å²) in [5.41, 5.74) is 1.81. The highest BCUT2D eigenvalue weighted by molar-refractivity contribution is 6.09. The van der Waals surface area contributed by atoms with Crippen molar-refractivity contribution in [2.24, 2.45) is 7.05 Å². The number of aryl methyl sites for hydroxylation is 2. The minimum atomic E-state index is -0.505. The Kier molecular flexibility index (Phi) is 3.87. The lowest BCUT2D eigenvalue weighted by atomic mass is 10.1. The summed E-state index contributed by atoms with van der Waals surface area (Å²) < 4.78 is 30.3. The molecule has 0 bridgehead atoms. The molecule has 8 nitrogen and oxygen atoms in total. The molecule has 0 aliphatic heterocycles. The summed E-state index contributed by atoms with van der Waals surface area (Å²) in [6.45, 7) is 1.67. The van der Waals surface area contributed by atoms with Gasteiger partial charge in [0.2, 0.25) is 0 Å². The third-order valence-corrected chi connectivity index (χ3v) is 4.15. The predicted octanol–water partition coefficient (Wildman–Crippen LogP) is 2.36. The van der Waals surface area contributed by atoms with Gasteiger partial charge in [0.05, 0.1) is 29.0 Å². The predicted molar refractivity (Wildman–Crippen MR) is 92.0 cm³/mol. The average molecular weight is 369 g/mol. The van der Waals surface area contributed by atoms with E-state index in [4.69, 9.17) is 0 Å². The van der Waals surface area contributed by atoms with Gasteiger partial charge in [-0.25, -0.2) is 18.0 Å². The van der Waals surface area contributed by atoms with Crippen molar-refractivity contribution in [3.05, 3.63) is 59.4 Å². The van der Waals surface area contributed by atoms with Crippen LogP contribution in [0.5, 0.6) is 0 Å². The third kappa shape index (κ3) is 2.90. The molecule has 0 aliphatic carbocycles. The summed E-state index contributed by atoms with van der Waals surface area (Å²) in [4.78, 5) is 12.7. The molecular weight excluding hydrogens is 356 g/mol. The molecule has 3 aromatic heterocycles. The molecule has 0 saturated carbocycles. The number of halogens is 2. The largest absolute Gasteiger partial charge is 0.322 e. The number of fused-ring (bicyclic) bond motifs is 1. The number of carbonyl (C=O) groups is 1. The second-order valence-corrected chi connectivity index (χ2v) is 5.96. The molecule has 1 aromatic carbocycles. The van der Waals surface area contributed by atoms with Gasteiger partial charge >= 0.3 is 0 Å². The summed E-state index contributed by atoms with van der Waals surface area (Å²) in [6, 6.07) is 5.48. The number of hydrogen-bond acceptors (Lipinski definition) is 5. The maximum atomic E-state index is 14.4. The fourth-order valence-electron chi connectivity index (χ4n) is 2.76. The molecule has 136 valence electrons. The van der Waals surface area contributed by atoms with E-state index in [1.54, 1.807) is 14.0 Å². The summed E-state index contributed by atoms with van der Waals surface area (Å²) in [6.07, 6.45) is 2.52. The van der Waals surface area contributed by atoms with Crippen molar-refractivity contribution in [2.75, 3.05) is 5.32 Å². The van der Waals surface area contributed by atoms with Crippen LogP contribution in [-0.4, -0.2) is 35.7 Å². The monoisotopic (exact) mass is 369 g/mol. The SMILES string of the molecule is Cc1cc(F)c(-c2nnnn2C)cc1NC(=O)c1cnn2cc(F)ccc12. The van der Waals surface area contributed by atoms with Crippen LogP contribution in [0.15, 0.2) is 36.7 Å². The smallest absolute Gasteiger partial charge is 0.259 e. The van der Waals surface area contributed by atoms with Crippen molar-refractivity contribution in [3.8, 4) is 11.4 Å². The molecule has 1 amide bonds. The van der Waals surface area contributed by atoms with E-state index < -0.39 is 17.5 Å². The number of benzene rings is 1. The van der Waals surface area contributed by atoms with Gasteiger partial charge in [0, 0.05) is 12.7 Å². The lowest BCUT2D eigenvalue weighted by Gasteiger charge is -2.11. The van der Waals surface area contributed by atoms with Gasteiger partial charge in [-0.2, -0.15) is 5.10 Å². The fraction of sp³-hybridized carbons (Fsp3) is 0.118. The molecule has 0 radical (unpaired) electrons. The number of amides is 1. The van der Waals surface area contributed by atoms with Gasteiger partial charge in [-0.3, -0.25) is 4.79 Å². The maximum Gasteiger partial charge on any atom is 0.259 e. The first kappa shape index (κ1) is 16.8. The van der Waals surface area contributed by atoms with E-state index >= 15 is 0 Å². The summed E-state index contributed by atoms with van der Waals surface area (Å²) in [5.74, 6) is -1.19. The number of hydrogen-bond donors (Lipinski definition) is 1. The van der Waals surface area contributed by atoms with Crippen LogP contribution in [0.2, 0.25) is 0 Å². The van der Waals surface area contributed by atoms with E-state index in [-0.39, 0.29) is 17.0 Å². The zero-order valence-corrected chi connectivity index (χ0v) is 14.3. The quantitative estimate of drug-likeness (QED) is 0.599. The Hall–Kier alpha value is -3.69. The van der Waals surface area contributed by atoms with Gasteiger partial charge in [-0.05, 0) is 47.2 Å². The number of tetrazole rings is 1. The molecule has 0 saturated heterocycles. The van der Waals surface area contributed by atoms with Gasteiger partial charge in [0.25, 0.3) is 5.91 Å². The summed E-state index contributed by atoms with van der Waals surface area (Å²) >= 11 is 0. The molecule has 4 rings (SSSR count). The molecule has 0 unspecified atom stereocenters. The first-order valence-corrected chi connectivity index (χ1v) is 7.91. The third-order valence-electron chi connectivity index (χ3n) is 4.15. The van der Waals surface area contributed by atoms with E-state index in [9.17, 15) is 13.6 Å². The molecule has 3 heterocycles. The fourth-order valence-corrected chi connectivity index (χ4v) is 2.76. The number of nitrogens with zero attached hydrogens (tertiary/aromatic N) is 6. The van der Waals surface area contributed by atoms with Gasteiger partial charge in [0.1, 0.15) is 11.6 Å². The van der Waals surface area contributed by atoms with E-state index in [2.05, 4.69) is 25.9 Å².